The third-order valence-electron chi connectivity index (χ3n) is 2.56. The van der Waals surface area contributed by atoms with Crippen molar-refractivity contribution in [3.8, 4) is 0 Å². The van der Waals surface area contributed by atoms with Crippen LogP contribution in [-0.2, 0) is 0 Å². The smallest absolute Gasteiger partial charge is 0.289 e. The lowest BCUT2D eigenvalue weighted by atomic mass is 9.89. The van der Waals surface area contributed by atoms with Gasteiger partial charge in [-0.3, -0.25) is 4.79 Å². The van der Waals surface area contributed by atoms with Gasteiger partial charge in [-0.05, 0) is 19.8 Å². The van der Waals surface area contributed by atoms with E-state index in [0.717, 1.165) is 0 Å². The van der Waals surface area contributed by atoms with Crippen molar-refractivity contribution in [3.05, 3.63) is 17.3 Å². The Hall–Kier alpha value is -1.36. The van der Waals surface area contributed by atoms with Crippen molar-refractivity contribution >= 4 is 5.91 Å². The molecule has 1 aromatic heterocycles. The largest absolute Gasteiger partial charge is 0.436 e. The van der Waals surface area contributed by atoms with Crippen LogP contribution in [0.3, 0.4) is 0 Å². The van der Waals surface area contributed by atoms with E-state index in [2.05, 4.69) is 10.3 Å². The van der Waals surface area contributed by atoms with E-state index in [1.165, 1.54) is 0 Å². The number of amides is 1. The zero-order chi connectivity index (χ0) is 11.0. The minimum Gasteiger partial charge on any atom is -0.436 e. The number of nitrogens with zero attached hydrogens (tertiary/aromatic N) is 1. The number of aromatic nitrogens is 1. The van der Waals surface area contributed by atoms with E-state index in [-0.39, 0.29) is 23.8 Å². The quantitative estimate of drug-likeness (QED) is 0.747. The molecule has 5 nitrogen and oxygen atoms in total. The number of rotatable bonds is 2. The Bertz CT molecular complexity index is 380. The topological polar surface area (TPSA) is 75.4 Å². The number of hydrogen-bond donors (Lipinski definition) is 2. The molecular formula is C10H14N2O3. The van der Waals surface area contributed by atoms with Gasteiger partial charge in [0.15, 0.2) is 5.89 Å². The molecule has 0 aromatic carbocycles. The molecule has 0 bridgehead atoms. The lowest BCUT2D eigenvalue weighted by Gasteiger charge is -2.31. The fourth-order valence-electron chi connectivity index (χ4n) is 1.70. The van der Waals surface area contributed by atoms with Crippen molar-refractivity contribution in [2.75, 3.05) is 0 Å². The third kappa shape index (κ3) is 2.02. The molecule has 1 aromatic rings. The summed E-state index contributed by atoms with van der Waals surface area (Å²) in [6, 6.07) is 0.0670. The number of aliphatic hydroxyl groups is 1. The molecule has 1 fully saturated rings. The van der Waals surface area contributed by atoms with E-state index in [9.17, 15) is 4.79 Å². The van der Waals surface area contributed by atoms with Crippen molar-refractivity contribution in [1.29, 1.82) is 0 Å². The summed E-state index contributed by atoms with van der Waals surface area (Å²) in [6.07, 6.45) is 0.975. The van der Waals surface area contributed by atoms with Crippen molar-refractivity contribution in [3.63, 3.8) is 0 Å². The molecule has 5 heteroatoms. The molecule has 1 aliphatic carbocycles. The third-order valence-corrected chi connectivity index (χ3v) is 2.56. The van der Waals surface area contributed by atoms with Crippen LogP contribution in [0.15, 0.2) is 4.42 Å². The Kier molecular flexibility index (Phi) is 2.48. The van der Waals surface area contributed by atoms with Gasteiger partial charge in [0.2, 0.25) is 5.76 Å². The Morgan fingerprint density at radius 3 is 2.67 bits per heavy atom. The van der Waals surface area contributed by atoms with Gasteiger partial charge >= 0.3 is 0 Å². The lowest BCUT2D eigenvalue weighted by Crippen LogP contribution is -2.46. The fourth-order valence-corrected chi connectivity index (χ4v) is 1.70. The molecule has 0 atom stereocenters. The van der Waals surface area contributed by atoms with Gasteiger partial charge < -0.3 is 14.8 Å². The molecule has 1 saturated carbocycles. The van der Waals surface area contributed by atoms with Gasteiger partial charge in [-0.25, -0.2) is 4.98 Å². The van der Waals surface area contributed by atoms with Crippen LogP contribution in [0.2, 0.25) is 0 Å². The summed E-state index contributed by atoms with van der Waals surface area (Å²) in [5.74, 6) is 0.519. The monoisotopic (exact) mass is 210 g/mol. The van der Waals surface area contributed by atoms with Crippen LogP contribution < -0.4 is 5.32 Å². The van der Waals surface area contributed by atoms with Gasteiger partial charge in [0, 0.05) is 13.0 Å². The fraction of sp³-hybridized carbons (Fsp3) is 0.600. The number of aliphatic hydroxyl groups excluding tert-OH is 1. The first-order valence-corrected chi connectivity index (χ1v) is 4.99. The summed E-state index contributed by atoms with van der Waals surface area (Å²) in [7, 11) is 0. The highest BCUT2D eigenvalue weighted by atomic mass is 16.4. The molecule has 2 rings (SSSR count). The number of aryl methyl sites for hydroxylation is 2. The summed E-state index contributed by atoms with van der Waals surface area (Å²) in [6.45, 7) is 3.44. The Labute approximate surface area is 87.5 Å². The molecule has 0 saturated heterocycles. The second-order valence-corrected chi connectivity index (χ2v) is 3.94. The van der Waals surface area contributed by atoms with Crippen molar-refractivity contribution in [2.45, 2.75) is 38.8 Å². The Balaban J connectivity index is 1.99. The lowest BCUT2D eigenvalue weighted by molar-refractivity contribution is 0.0550. The van der Waals surface area contributed by atoms with Gasteiger partial charge in [-0.15, -0.1) is 0 Å². The van der Waals surface area contributed by atoms with E-state index < -0.39 is 0 Å². The van der Waals surface area contributed by atoms with E-state index in [1.54, 1.807) is 13.8 Å². The number of carbonyl (C=O) groups excluding carboxylic acids is 1. The maximum atomic E-state index is 11.7. The number of carbonyl (C=O) groups is 1. The predicted octanol–water partition coefficient (Wildman–Crippen LogP) is 0.545. The molecule has 1 amide bonds. The summed E-state index contributed by atoms with van der Waals surface area (Å²) >= 11 is 0. The Morgan fingerprint density at radius 1 is 1.53 bits per heavy atom. The van der Waals surface area contributed by atoms with Crippen molar-refractivity contribution in [1.82, 2.24) is 10.3 Å². The van der Waals surface area contributed by atoms with Gasteiger partial charge in [-0.1, -0.05) is 0 Å². The number of oxazole rings is 1. The van der Waals surface area contributed by atoms with Gasteiger partial charge in [-0.2, -0.15) is 0 Å². The average molecular weight is 210 g/mol. The van der Waals surface area contributed by atoms with Crippen molar-refractivity contribution in [2.24, 2.45) is 0 Å². The number of nitrogens with one attached hydrogen (secondary N) is 1. The zero-order valence-corrected chi connectivity index (χ0v) is 8.78. The molecule has 2 N–H and O–H groups in total. The van der Waals surface area contributed by atoms with E-state index in [4.69, 9.17) is 9.52 Å². The van der Waals surface area contributed by atoms with Crippen LogP contribution >= 0.6 is 0 Å². The van der Waals surface area contributed by atoms with E-state index >= 15 is 0 Å². The van der Waals surface area contributed by atoms with Crippen molar-refractivity contribution < 1.29 is 14.3 Å². The minimum absolute atomic E-state index is 0.0670. The van der Waals surface area contributed by atoms with Gasteiger partial charge in [0.25, 0.3) is 5.91 Å². The molecule has 0 aliphatic heterocycles. The first kappa shape index (κ1) is 10.2. The molecule has 82 valence electrons. The first-order chi connectivity index (χ1) is 7.06. The van der Waals surface area contributed by atoms with Crippen LogP contribution in [0.25, 0.3) is 0 Å². The molecule has 0 spiro atoms. The second-order valence-electron chi connectivity index (χ2n) is 3.94. The highest BCUT2D eigenvalue weighted by Gasteiger charge is 2.30. The molecule has 0 radical (unpaired) electrons. The maximum Gasteiger partial charge on any atom is 0.289 e. The molecule has 1 aliphatic rings. The van der Waals surface area contributed by atoms with Crippen LogP contribution in [0.1, 0.15) is 35.0 Å². The summed E-state index contributed by atoms with van der Waals surface area (Å²) < 4.78 is 5.19. The SMILES string of the molecule is Cc1nc(C)c(C(=O)NC2CC(O)C2)o1. The van der Waals surface area contributed by atoms with E-state index in [1.807, 2.05) is 0 Å². The minimum atomic E-state index is -0.271. The molecule has 0 unspecified atom stereocenters. The van der Waals surface area contributed by atoms with Crippen LogP contribution in [0.5, 0.6) is 0 Å². The van der Waals surface area contributed by atoms with E-state index in [0.29, 0.717) is 24.4 Å². The number of hydrogen-bond acceptors (Lipinski definition) is 4. The summed E-state index contributed by atoms with van der Waals surface area (Å²) in [5.41, 5.74) is 0.602. The standard InChI is InChI=1S/C10H14N2O3/c1-5-9(15-6(2)11-5)10(14)12-7-3-8(13)4-7/h7-8,13H,3-4H2,1-2H3,(H,12,14). The molecule has 15 heavy (non-hydrogen) atoms. The predicted molar refractivity (Wildman–Crippen MR) is 52.5 cm³/mol. The van der Waals surface area contributed by atoms with Crippen LogP contribution in [-0.4, -0.2) is 28.1 Å². The van der Waals surface area contributed by atoms with Crippen LogP contribution in [0, 0.1) is 13.8 Å². The molecular weight excluding hydrogens is 196 g/mol. The molecule has 1 heterocycles. The zero-order valence-electron chi connectivity index (χ0n) is 8.78. The summed E-state index contributed by atoms with van der Waals surface area (Å²) in [5, 5.41) is 11.9. The average Bonchev–Trinajstić information content (AvgIpc) is 2.42. The summed E-state index contributed by atoms with van der Waals surface area (Å²) in [4.78, 5) is 15.7. The maximum absolute atomic E-state index is 11.7. The highest BCUT2D eigenvalue weighted by molar-refractivity contribution is 5.92. The first-order valence-electron chi connectivity index (χ1n) is 4.99. The second kappa shape index (κ2) is 3.66. The van der Waals surface area contributed by atoms with Crippen LogP contribution in [0.4, 0.5) is 0 Å². The highest BCUT2D eigenvalue weighted by Crippen LogP contribution is 2.20. The van der Waals surface area contributed by atoms with Gasteiger partial charge in [0.1, 0.15) is 0 Å². The van der Waals surface area contributed by atoms with Gasteiger partial charge in [0.05, 0.1) is 11.8 Å². The normalized spacial score (nSPS) is 24.7. The Morgan fingerprint density at radius 2 is 2.20 bits per heavy atom.